The molecular formula is C13H14N2O2S2. The number of pyridine rings is 1. The van der Waals surface area contributed by atoms with Gasteiger partial charge >= 0.3 is 0 Å². The van der Waals surface area contributed by atoms with E-state index in [1.807, 2.05) is 12.1 Å². The van der Waals surface area contributed by atoms with Gasteiger partial charge in [0, 0.05) is 18.9 Å². The Morgan fingerprint density at radius 3 is 2.74 bits per heavy atom. The topological polar surface area (TPSA) is 50.3 Å². The highest BCUT2D eigenvalue weighted by molar-refractivity contribution is 7.91. The maximum Gasteiger partial charge on any atom is 0.253 e. The first-order chi connectivity index (χ1) is 9.19. The molecule has 0 spiro atoms. The molecule has 2 aromatic rings. The predicted molar refractivity (Wildman–Crippen MR) is 74.4 cm³/mol. The summed E-state index contributed by atoms with van der Waals surface area (Å²) >= 11 is 1.27. The lowest BCUT2D eigenvalue weighted by atomic mass is 10.1. The van der Waals surface area contributed by atoms with Crippen LogP contribution in [0.4, 0.5) is 0 Å². The van der Waals surface area contributed by atoms with Gasteiger partial charge in [0.25, 0.3) is 10.0 Å². The number of thiophene rings is 1. The average molecular weight is 294 g/mol. The van der Waals surface area contributed by atoms with E-state index in [1.165, 1.54) is 11.3 Å². The summed E-state index contributed by atoms with van der Waals surface area (Å²) < 4.78 is 27.2. The van der Waals surface area contributed by atoms with Crippen molar-refractivity contribution in [1.29, 1.82) is 0 Å². The lowest BCUT2D eigenvalue weighted by molar-refractivity contribution is 0.397. The molecule has 0 radical (unpaired) electrons. The van der Waals surface area contributed by atoms with Crippen LogP contribution in [0.1, 0.15) is 24.4 Å². The monoisotopic (exact) mass is 294 g/mol. The summed E-state index contributed by atoms with van der Waals surface area (Å²) in [6, 6.07) is 7.17. The van der Waals surface area contributed by atoms with Crippen molar-refractivity contribution in [3.05, 3.63) is 47.6 Å². The van der Waals surface area contributed by atoms with Gasteiger partial charge in [0.1, 0.15) is 4.21 Å². The van der Waals surface area contributed by atoms with Gasteiger partial charge in [-0.25, -0.2) is 8.42 Å². The summed E-state index contributed by atoms with van der Waals surface area (Å²) in [5.41, 5.74) is 1.02. The van der Waals surface area contributed by atoms with Crippen LogP contribution in [0.3, 0.4) is 0 Å². The van der Waals surface area contributed by atoms with E-state index in [0.29, 0.717) is 10.8 Å². The van der Waals surface area contributed by atoms with Crippen molar-refractivity contribution < 1.29 is 8.42 Å². The van der Waals surface area contributed by atoms with Crippen molar-refractivity contribution >= 4 is 21.4 Å². The summed E-state index contributed by atoms with van der Waals surface area (Å²) in [6.45, 7) is 0.590. The highest BCUT2D eigenvalue weighted by atomic mass is 32.2. The van der Waals surface area contributed by atoms with Crippen LogP contribution < -0.4 is 0 Å². The molecule has 19 heavy (non-hydrogen) atoms. The molecule has 2 aromatic heterocycles. The Morgan fingerprint density at radius 2 is 2.05 bits per heavy atom. The van der Waals surface area contributed by atoms with Gasteiger partial charge in [-0.2, -0.15) is 4.31 Å². The summed E-state index contributed by atoms with van der Waals surface area (Å²) in [6.07, 6.45) is 5.19. The second-order valence-corrected chi connectivity index (χ2v) is 7.55. The van der Waals surface area contributed by atoms with Gasteiger partial charge in [-0.3, -0.25) is 4.98 Å². The van der Waals surface area contributed by atoms with Crippen molar-refractivity contribution in [3.8, 4) is 0 Å². The minimum atomic E-state index is -3.36. The molecule has 0 aromatic carbocycles. The van der Waals surface area contributed by atoms with Gasteiger partial charge < -0.3 is 0 Å². The van der Waals surface area contributed by atoms with Crippen molar-refractivity contribution in [2.24, 2.45) is 0 Å². The molecule has 6 heteroatoms. The van der Waals surface area contributed by atoms with Crippen molar-refractivity contribution in [2.45, 2.75) is 23.1 Å². The van der Waals surface area contributed by atoms with Gasteiger partial charge in [0.15, 0.2) is 0 Å². The van der Waals surface area contributed by atoms with Gasteiger partial charge in [-0.1, -0.05) is 6.07 Å². The van der Waals surface area contributed by atoms with Crippen molar-refractivity contribution in [2.75, 3.05) is 6.54 Å². The van der Waals surface area contributed by atoms with E-state index >= 15 is 0 Å². The molecule has 0 bridgehead atoms. The molecule has 1 fully saturated rings. The lowest BCUT2D eigenvalue weighted by Crippen LogP contribution is -2.30. The molecule has 0 N–H and O–H groups in total. The Bertz CT molecular complexity index is 639. The fourth-order valence-corrected chi connectivity index (χ4v) is 5.27. The molecule has 4 nitrogen and oxygen atoms in total. The van der Waals surface area contributed by atoms with Gasteiger partial charge in [-0.15, -0.1) is 11.3 Å². The average Bonchev–Trinajstić information content (AvgIpc) is 3.11. The normalized spacial score (nSPS) is 20.7. The number of aromatic nitrogens is 1. The molecule has 0 unspecified atom stereocenters. The van der Waals surface area contributed by atoms with E-state index in [4.69, 9.17) is 0 Å². The SMILES string of the molecule is O=S(=O)(c1cccs1)N1CCC[C@H]1c1ccncc1. The number of nitrogens with zero attached hydrogens (tertiary/aromatic N) is 2. The van der Waals surface area contributed by atoms with Crippen LogP contribution >= 0.6 is 11.3 Å². The molecule has 0 amide bonds. The Labute approximate surface area is 116 Å². The van der Waals surface area contributed by atoms with Crippen LogP contribution in [0.2, 0.25) is 0 Å². The minimum Gasteiger partial charge on any atom is -0.265 e. The zero-order chi connectivity index (χ0) is 13.3. The molecule has 0 aliphatic carbocycles. The largest absolute Gasteiger partial charge is 0.265 e. The predicted octanol–water partition coefficient (Wildman–Crippen LogP) is 2.67. The van der Waals surface area contributed by atoms with Gasteiger partial charge in [0.05, 0.1) is 6.04 Å². The van der Waals surface area contributed by atoms with Crippen LogP contribution in [0.25, 0.3) is 0 Å². The Morgan fingerprint density at radius 1 is 1.26 bits per heavy atom. The highest BCUT2D eigenvalue weighted by Gasteiger charge is 2.36. The van der Waals surface area contributed by atoms with E-state index in [0.717, 1.165) is 18.4 Å². The number of rotatable bonds is 3. The molecule has 3 rings (SSSR count). The fraction of sp³-hybridized carbons (Fsp3) is 0.308. The molecule has 0 saturated carbocycles. The van der Waals surface area contributed by atoms with E-state index in [1.54, 1.807) is 34.2 Å². The third-order valence-electron chi connectivity index (χ3n) is 3.35. The third-order valence-corrected chi connectivity index (χ3v) is 6.63. The van der Waals surface area contributed by atoms with Crippen LogP contribution in [0.5, 0.6) is 0 Å². The van der Waals surface area contributed by atoms with E-state index < -0.39 is 10.0 Å². The molecule has 1 saturated heterocycles. The summed E-state index contributed by atoms with van der Waals surface area (Å²) in [5.74, 6) is 0. The summed E-state index contributed by atoms with van der Waals surface area (Å²) in [5, 5.41) is 1.80. The first-order valence-electron chi connectivity index (χ1n) is 6.15. The summed E-state index contributed by atoms with van der Waals surface area (Å²) in [4.78, 5) is 3.99. The minimum absolute atomic E-state index is 0.0601. The van der Waals surface area contributed by atoms with Crippen molar-refractivity contribution in [1.82, 2.24) is 9.29 Å². The molecule has 3 heterocycles. The number of hydrogen-bond donors (Lipinski definition) is 0. The smallest absolute Gasteiger partial charge is 0.253 e. The van der Waals surface area contributed by atoms with Gasteiger partial charge in [0.2, 0.25) is 0 Å². The van der Waals surface area contributed by atoms with Crippen LogP contribution in [-0.2, 0) is 10.0 Å². The maximum absolute atomic E-state index is 12.6. The second kappa shape index (κ2) is 5.03. The Balaban J connectivity index is 1.97. The molecule has 1 aliphatic rings. The maximum atomic E-state index is 12.6. The third kappa shape index (κ3) is 2.31. The zero-order valence-electron chi connectivity index (χ0n) is 10.3. The standard InChI is InChI=1S/C13H14N2O2S2/c16-19(17,13-4-2-10-18-13)15-9-1-3-12(15)11-5-7-14-8-6-11/h2,4-8,10,12H,1,3,9H2/t12-/m0/s1. The van der Waals surface area contributed by atoms with Crippen LogP contribution in [-0.4, -0.2) is 24.3 Å². The fourth-order valence-electron chi connectivity index (χ4n) is 2.47. The van der Waals surface area contributed by atoms with Crippen LogP contribution in [0.15, 0.2) is 46.2 Å². The number of sulfonamides is 1. The summed E-state index contributed by atoms with van der Waals surface area (Å²) in [7, 11) is -3.36. The quantitative estimate of drug-likeness (QED) is 0.874. The lowest BCUT2D eigenvalue weighted by Gasteiger charge is -2.23. The Hall–Kier alpha value is -1.24. The van der Waals surface area contributed by atoms with Crippen LogP contribution in [0, 0.1) is 0 Å². The first kappa shape index (κ1) is 12.8. The molecule has 1 aliphatic heterocycles. The number of hydrogen-bond acceptors (Lipinski definition) is 4. The second-order valence-electron chi connectivity index (χ2n) is 4.49. The zero-order valence-corrected chi connectivity index (χ0v) is 11.9. The molecular weight excluding hydrogens is 280 g/mol. The van der Waals surface area contributed by atoms with Gasteiger partial charge in [-0.05, 0) is 42.0 Å². The molecule has 100 valence electrons. The van der Waals surface area contributed by atoms with E-state index in [-0.39, 0.29) is 6.04 Å². The van der Waals surface area contributed by atoms with Crippen molar-refractivity contribution in [3.63, 3.8) is 0 Å². The highest BCUT2D eigenvalue weighted by Crippen LogP contribution is 2.37. The molecule has 1 atom stereocenters. The van der Waals surface area contributed by atoms with E-state index in [9.17, 15) is 8.42 Å². The first-order valence-corrected chi connectivity index (χ1v) is 8.47. The van der Waals surface area contributed by atoms with E-state index in [2.05, 4.69) is 4.98 Å². The Kier molecular flexibility index (Phi) is 3.38.